The normalized spacial score (nSPS) is 12.1. The van der Waals surface area contributed by atoms with Crippen molar-refractivity contribution < 1.29 is 0 Å². The van der Waals surface area contributed by atoms with Crippen LogP contribution in [0.4, 0.5) is 0 Å². The number of nitrogens with zero attached hydrogens (tertiary/aromatic N) is 3. The number of aromatic nitrogens is 3. The van der Waals surface area contributed by atoms with Gasteiger partial charge in [0.05, 0.1) is 22.1 Å². The summed E-state index contributed by atoms with van der Waals surface area (Å²) in [6.45, 7) is 0. The number of para-hydroxylation sites is 4. The molecule has 0 spiro atoms. The van der Waals surface area contributed by atoms with E-state index in [-0.39, 0.29) is 0 Å². The molecular formula is C53H35N3SSi. The number of pyridine rings is 1. The van der Waals surface area contributed by atoms with Crippen LogP contribution in [0.25, 0.3) is 75.4 Å². The van der Waals surface area contributed by atoms with Gasteiger partial charge in [-0.2, -0.15) is 0 Å². The Kier molecular flexibility index (Phi) is 7.42. The molecule has 4 heterocycles. The Hall–Kier alpha value is -7.05. The predicted molar refractivity (Wildman–Crippen MR) is 249 cm³/mol. The van der Waals surface area contributed by atoms with Gasteiger partial charge >= 0.3 is 0 Å². The second-order valence-electron chi connectivity index (χ2n) is 15.1. The summed E-state index contributed by atoms with van der Waals surface area (Å²) in [6, 6.07) is 78.5. The molecule has 0 fully saturated rings. The highest BCUT2D eigenvalue weighted by Gasteiger charge is 2.42. The molecule has 0 unspecified atom stereocenters. The summed E-state index contributed by atoms with van der Waals surface area (Å²) >= 11 is 1.87. The smallest absolute Gasteiger partial charge is 0.179 e. The average Bonchev–Trinajstić information content (AvgIpc) is 3.95. The summed E-state index contributed by atoms with van der Waals surface area (Å²) in [7, 11) is -3.10. The summed E-state index contributed by atoms with van der Waals surface area (Å²) in [5.41, 5.74) is 4.55. The van der Waals surface area contributed by atoms with Crippen molar-refractivity contribution in [1.29, 1.82) is 0 Å². The molecule has 272 valence electrons. The van der Waals surface area contributed by atoms with Crippen LogP contribution in [0.3, 0.4) is 0 Å². The van der Waals surface area contributed by atoms with Crippen molar-refractivity contribution in [2.75, 3.05) is 0 Å². The fourth-order valence-corrected chi connectivity index (χ4v) is 15.5. The third-order valence-electron chi connectivity index (χ3n) is 12.1. The van der Waals surface area contributed by atoms with E-state index in [1.165, 1.54) is 62.5 Å². The van der Waals surface area contributed by atoms with E-state index < -0.39 is 8.07 Å². The molecule has 0 bridgehead atoms. The van der Waals surface area contributed by atoms with Crippen LogP contribution in [0, 0.1) is 0 Å². The molecule has 0 saturated heterocycles. The van der Waals surface area contributed by atoms with Crippen LogP contribution in [0.15, 0.2) is 212 Å². The molecule has 12 rings (SSSR count). The fourth-order valence-electron chi connectivity index (χ4n) is 9.62. The summed E-state index contributed by atoms with van der Waals surface area (Å²) in [5, 5.41) is 12.7. The Morgan fingerprint density at radius 1 is 0.310 bits per heavy atom. The van der Waals surface area contributed by atoms with Gasteiger partial charge in [0, 0.05) is 41.7 Å². The van der Waals surface area contributed by atoms with E-state index in [1.54, 1.807) is 0 Å². The summed E-state index contributed by atoms with van der Waals surface area (Å²) in [4.78, 5) is 5.75. The van der Waals surface area contributed by atoms with Crippen LogP contribution < -0.4 is 20.7 Å². The Bertz CT molecular complexity index is 3250. The van der Waals surface area contributed by atoms with Gasteiger partial charge in [-0.05, 0) is 69.3 Å². The number of rotatable bonds is 6. The Morgan fingerprint density at radius 2 is 0.707 bits per heavy atom. The van der Waals surface area contributed by atoms with Crippen LogP contribution >= 0.6 is 11.3 Å². The number of hydrogen-bond donors (Lipinski definition) is 0. The Labute approximate surface area is 340 Å². The molecule has 8 aromatic carbocycles. The van der Waals surface area contributed by atoms with E-state index in [2.05, 4.69) is 221 Å². The van der Waals surface area contributed by atoms with Crippen molar-refractivity contribution in [2.24, 2.45) is 0 Å². The lowest BCUT2D eigenvalue weighted by Crippen LogP contribution is -2.74. The summed E-state index contributed by atoms with van der Waals surface area (Å²) in [5.74, 6) is 1.80. The van der Waals surface area contributed by atoms with Crippen molar-refractivity contribution in [3.05, 3.63) is 212 Å². The standard InChI is InChI=1S/C53H35N3SSi/c1-3-17-36(18-4-1)58(37-19-5-2-6-20-37,38-31-32-51-45(33-38)44-25-11-16-30-50(44)57-51)39-34-52(55-46-26-12-7-21-40(46)41-22-8-13-27-47(41)55)54-53(35-39)56-48-28-14-9-23-42(48)43-24-10-15-29-49(43)56/h1-35H. The van der Waals surface area contributed by atoms with E-state index in [1.807, 2.05) is 11.3 Å². The van der Waals surface area contributed by atoms with E-state index >= 15 is 0 Å². The highest BCUT2D eigenvalue weighted by Crippen LogP contribution is 2.36. The molecule has 4 aromatic heterocycles. The predicted octanol–water partition coefficient (Wildman–Crippen LogP) is 11.0. The molecule has 0 aliphatic heterocycles. The quantitative estimate of drug-likeness (QED) is 0.122. The van der Waals surface area contributed by atoms with Gasteiger partial charge in [0.15, 0.2) is 8.07 Å². The van der Waals surface area contributed by atoms with Gasteiger partial charge in [0.25, 0.3) is 0 Å². The minimum Gasteiger partial charge on any atom is -0.294 e. The van der Waals surface area contributed by atoms with Crippen LogP contribution in [-0.4, -0.2) is 22.2 Å². The lowest BCUT2D eigenvalue weighted by Gasteiger charge is -2.35. The zero-order valence-electron chi connectivity index (χ0n) is 31.5. The van der Waals surface area contributed by atoms with Crippen LogP contribution in [0.5, 0.6) is 0 Å². The maximum absolute atomic E-state index is 5.75. The van der Waals surface area contributed by atoms with Gasteiger partial charge in [-0.15, -0.1) is 11.3 Å². The molecule has 0 N–H and O–H groups in total. The van der Waals surface area contributed by atoms with E-state index in [0.717, 1.165) is 33.7 Å². The maximum Gasteiger partial charge on any atom is 0.179 e. The zero-order chi connectivity index (χ0) is 38.2. The van der Waals surface area contributed by atoms with Gasteiger partial charge in [-0.3, -0.25) is 9.13 Å². The van der Waals surface area contributed by atoms with Gasteiger partial charge < -0.3 is 0 Å². The monoisotopic (exact) mass is 773 g/mol. The average molecular weight is 774 g/mol. The molecule has 58 heavy (non-hydrogen) atoms. The lowest BCUT2D eigenvalue weighted by molar-refractivity contribution is 1.02. The van der Waals surface area contributed by atoms with Crippen LogP contribution in [-0.2, 0) is 0 Å². The van der Waals surface area contributed by atoms with Crippen molar-refractivity contribution in [2.45, 2.75) is 0 Å². The zero-order valence-corrected chi connectivity index (χ0v) is 33.3. The van der Waals surface area contributed by atoms with E-state index in [4.69, 9.17) is 4.98 Å². The molecule has 0 atom stereocenters. The number of hydrogen-bond acceptors (Lipinski definition) is 2. The molecule has 5 heteroatoms. The minimum atomic E-state index is -3.10. The van der Waals surface area contributed by atoms with Crippen molar-refractivity contribution in [3.8, 4) is 11.6 Å². The summed E-state index contributed by atoms with van der Waals surface area (Å²) in [6.07, 6.45) is 0. The first kappa shape index (κ1) is 33.1. The number of fused-ring (bicyclic) bond motifs is 9. The first-order valence-corrected chi connectivity index (χ1v) is 22.6. The minimum absolute atomic E-state index is 0.901. The molecule has 12 aromatic rings. The van der Waals surface area contributed by atoms with Gasteiger partial charge in [0.2, 0.25) is 0 Å². The maximum atomic E-state index is 5.75. The van der Waals surface area contributed by atoms with E-state index in [0.29, 0.717) is 0 Å². The third kappa shape index (κ3) is 4.81. The Morgan fingerprint density at radius 3 is 1.19 bits per heavy atom. The second kappa shape index (κ2) is 13.0. The van der Waals surface area contributed by atoms with Crippen molar-refractivity contribution >= 4 is 104 Å². The molecule has 0 radical (unpaired) electrons. The second-order valence-corrected chi connectivity index (χ2v) is 20.0. The SMILES string of the molecule is c1ccc([Si](c2ccccc2)(c2cc(-n3c4ccccc4c4ccccc43)nc(-n3c4ccccc4c4ccccc43)c2)c2ccc3sc4ccccc4c3c2)cc1. The van der Waals surface area contributed by atoms with E-state index in [9.17, 15) is 0 Å². The molecule has 3 nitrogen and oxygen atoms in total. The largest absolute Gasteiger partial charge is 0.294 e. The molecule has 0 saturated carbocycles. The highest BCUT2D eigenvalue weighted by molar-refractivity contribution is 7.26. The van der Waals surface area contributed by atoms with Gasteiger partial charge in [-0.25, -0.2) is 4.98 Å². The van der Waals surface area contributed by atoms with Gasteiger partial charge in [-0.1, -0.05) is 164 Å². The molecule has 0 aliphatic carbocycles. The molecule has 0 amide bonds. The summed E-state index contributed by atoms with van der Waals surface area (Å²) < 4.78 is 7.39. The van der Waals surface area contributed by atoms with Crippen LogP contribution in [0.2, 0.25) is 0 Å². The first-order chi connectivity index (χ1) is 28.8. The Balaban J connectivity index is 1.28. The first-order valence-electron chi connectivity index (χ1n) is 19.8. The number of benzene rings is 8. The number of thiophene rings is 1. The van der Waals surface area contributed by atoms with Crippen LogP contribution in [0.1, 0.15) is 0 Å². The molecule has 0 aliphatic rings. The molecular weight excluding hydrogens is 739 g/mol. The van der Waals surface area contributed by atoms with Crippen molar-refractivity contribution in [3.63, 3.8) is 0 Å². The van der Waals surface area contributed by atoms with Gasteiger partial charge in [0.1, 0.15) is 11.6 Å². The third-order valence-corrected chi connectivity index (χ3v) is 18.0. The fraction of sp³-hybridized carbons (Fsp3) is 0. The lowest BCUT2D eigenvalue weighted by atomic mass is 10.1. The van der Waals surface area contributed by atoms with Crippen molar-refractivity contribution in [1.82, 2.24) is 14.1 Å². The highest BCUT2D eigenvalue weighted by atomic mass is 32.1. The topological polar surface area (TPSA) is 22.8 Å².